The molecule has 0 N–H and O–H groups in total. The number of benzene rings is 1. The number of unbranched alkanes of at least 4 members (excludes halogenated alkanes) is 1. The van der Waals surface area contributed by atoms with Crippen LogP contribution >= 0.6 is 0 Å². The van der Waals surface area contributed by atoms with Crippen LogP contribution in [0.2, 0.25) is 0 Å². The van der Waals surface area contributed by atoms with Gasteiger partial charge in [-0.25, -0.2) is 0 Å². The highest BCUT2D eigenvalue weighted by Crippen LogP contribution is 2.24. The lowest BCUT2D eigenvalue weighted by molar-refractivity contribution is -0.148. The van der Waals surface area contributed by atoms with Gasteiger partial charge in [0, 0.05) is 18.0 Å². The molecule has 0 aliphatic carbocycles. The molecule has 0 spiro atoms. The molecule has 0 bridgehead atoms. The van der Waals surface area contributed by atoms with Crippen molar-refractivity contribution in [2.45, 2.75) is 53.0 Å². The first kappa shape index (κ1) is 20.0. The Balaban J connectivity index is 1.92. The number of carbonyl (C=O) groups excluding carboxylic acids is 1. The number of pyridine rings is 1. The van der Waals surface area contributed by atoms with Gasteiger partial charge in [0.15, 0.2) is 0 Å². The number of esters is 1. The summed E-state index contributed by atoms with van der Waals surface area (Å²) in [6.45, 7) is 7.49. The van der Waals surface area contributed by atoms with Gasteiger partial charge >= 0.3 is 5.97 Å². The van der Waals surface area contributed by atoms with Crippen molar-refractivity contribution in [1.29, 1.82) is 0 Å². The van der Waals surface area contributed by atoms with Crippen LogP contribution in [0.25, 0.3) is 10.9 Å². The van der Waals surface area contributed by atoms with E-state index in [0.717, 1.165) is 36.6 Å². The number of carbonyl (C=O) groups is 1. The summed E-state index contributed by atoms with van der Waals surface area (Å²) < 4.78 is 12.9. The fraction of sp³-hybridized carbons (Fsp3) is 0.524. The van der Waals surface area contributed by atoms with Crippen molar-refractivity contribution < 1.29 is 14.3 Å². The second-order valence-electron chi connectivity index (χ2n) is 6.55. The van der Waals surface area contributed by atoms with Crippen LogP contribution < -0.4 is 10.3 Å². The van der Waals surface area contributed by atoms with E-state index < -0.39 is 0 Å². The molecule has 0 saturated heterocycles. The molecule has 0 radical (unpaired) electrons. The summed E-state index contributed by atoms with van der Waals surface area (Å²) in [6.07, 6.45) is 3.20. The second kappa shape index (κ2) is 10.00. The normalized spacial score (nSPS) is 12.1. The third-order valence-electron chi connectivity index (χ3n) is 4.48. The van der Waals surface area contributed by atoms with E-state index in [2.05, 4.69) is 6.92 Å². The Morgan fingerprint density at radius 2 is 1.88 bits per heavy atom. The molecule has 2 rings (SSSR count). The van der Waals surface area contributed by atoms with Gasteiger partial charge < -0.3 is 14.0 Å². The lowest BCUT2D eigenvalue weighted by Crippen LogP contribution is -2.20. The maximum atomic E-state index is 12.4. The van der Waals surface area contributed by atoms with Crippen molar-refractivity contribution in [3.05, 3.63) is 40.7 Å². The first-order valence-electron chi connectivity index (χ1n) is 9.50. The molecule has 1 aromatic heterocycles. The van der Waals surface area contributed by atoms with Gasteiger partial charge in [0.1, 0.15) is 5.75 Å². The summed E-state index contributed by atoms with van der Waals surface area (Å²) >= 11 is 0. The predicted molar refractivity (Wildman–Crippen MR) is 104 cm³/mol. The van der Waals surface area contributed by atoms with Crippen LogP contribution in [0.4, 0.5) is 0 Å². The Morgan fingerprint density at radius 1 is 1.15 bits per heavy atom. The Kier molecular flexibility index (Phi) is 7.70. The van der Waals surface area contributed by atoms with E-state index in [-0.39, 0.29) is 17.4 Å². The number of rotatable bonds is 10. The Morgan fingerprint density at radius 3 is 2.62 bits per heavy atom. The minimum Gasteiger partial charge on any atom is -0.493 e. The lowest BCUT2D eigenvalue weighted by Gasteiger charge is -2.14. The zero-order valence-corrected chi connectivity index (χ0v) is 16.0. The van der Waals surface area contributed by atoms with Gasteiger partial charge in [0.2, 0.25) is 0 Å². The van der Waals surface area contributed by atoms with Crippen LogP contribution in [-0.4, -0.2) is 23.8 Å². The maximum Gasteiger partial charge on any atom is 0.308 e. The number of hydrogen-bond donors (Lipinski definition) is 0. The van der Waals surface area contributed by atoms with Crippen LogP contribution in [0.3, 0.4) is 0 Å². The molecule has 2 aromatic rings. The van der Waals surface area contributed by atoms with Crippen molar-refractivity contribution in [2.75, 3.05) is 13.2 Å². The van der Waals surface area contributed by atoms with Crippen LogP contribution in [0, 0.1) is 5.92 Å². The number of nitrogens with zero attached hydrogens (tertiary/aromatic N) is 1. The second-order valence-corrected chi connectivity index (χ2v) is 6.55. The fourth-order valence-electron chi connectivity index (χ4n) is 2.75. The molecule has 0 amide bonds. The third kappa shape index (κ3) is 5.10. The van der Waals surface area contributed by atoms with E-state index in [1.165, 1.54) is 0 Å². The molecule has 1 atom stereocenters. The summed E-state index contributed by atoms with van der Waals surface area (Å²) in [5.74, 6) is 0.431. The van der Waals surface area contributed by atoms with Crippen molar-refractivity contribution >= 4 is 16.9 Å². The summed E-state index contributed by atoms with van der Waals surface area (Å²) in [5, 5.41) is 0.948. The first-order valence-corrected chi connectivity index (χ1v) is 9.50. The number of ether oxygens (including phenoxy) is 2. The summed E-state index contributed by atoms with van der Waals surface area (Å²) in [5.41, 5.74) is 0.863. The topological polar surface area (TPSA) is 57.5 Å². The number of fused-ring (bicyclic) bond motifs is 1. The smallest absolute Gasteiger partial charge is 0.308 e. The molecule has 0 fully saturated rings. The third-order valence-corrected chi connectivity index (χ3v) is 4.48. The van der Waals surface area contributed by atoms with Crippen LogP contribution in [-0.2, 0) is 16.1 Å². The summed E-state index contributed by atoms with van der Waals surface area (Å²) in [7, 11) is 0. The van der Waals surface area contributed by atoms with E-state index in [0.29, 0.717) is 25.5 Å². The van der Waals surface area contributed by atoms with Gasteiger partial charge in [-0.05, 0) is 37.8 Å². The Labute approximate surface area is 154 Å². The molecule has 1 aromatic carbocycles. The molecule has 142 valence electrons. The average Bonchev–Trinajstić information content (AvgIpc) is 2.66. The van der Waals surface area contributed by atoms with Crippen molar-refractivity contribution in [1.82, 2.24) is 4.57 Å². The van der Waals surface area contributed by atoms with Crippen molar-refractivity contribution in [2.24, 2.45) is 5.92 Å². The fourth-order valence-corrected chi connectivity index (χ4v) is 2.75. The van der Waals surface area contributed by atoms with E-state index in [1.807, 2.05) is 38.1 Å². The molecular weight excluding hydrogens is 330 g/mol. The van der Waals surface area contributed by atoms with Gasteiger partial charge in [-0.1, -0.05) is 32.9 Å². The Hall–Kier alpha value is -2.30. The number of aryl methyl sites for hydroxylation is 1. The van der Waals surface area contributed by atoms with Crippen LogP contribution in [0.5, 0.6) is 5.75 Å². The first-order chi connectivity index (χ1) is 12.6. The van der Waals surface area contributed by atoms with E-state index >= 15 is 0 Å². The van der Waals surface area contributed by atoms with Gasteiger partial charge in [0.25, 0.3) is 5.56 Å². The van der Waals surface area contributed by atoms with Crippen molar-refractivity contribution in [3.8, 4) is 5.75 Å². The van der Waals surface area contributed by atoms with E-state index in [1.54, 1.807) is 10.6 Å². The van der Waals surface area contributed by atoms with E-state index in [4.69, 9.17) is 9.47 Å². The van der Waals surface area contributed by atoms with Gasteiger partial charge in [-0.2, -0.15) is 0 Å². The van der Waals surface area contributed by atoms with Crippen LogP contribution in [0.1, 0.15) is 46.5 Å². The summed E-state index contributed by atoms with van der Waals surface area (Å²) in [6, 6.07) is 9.38. The van der Waals surface area contributed by atoms with E-state index in [9.17, 15) is 9.59 Å². The van der Waals surface area contributed by atoms with Gasteiger partial charge in [0.05, 0.1) is 24.6 Å². The minimum absolute atomic E-state index is 0.0389. The maximum absolute atomic E-state index is 12.4. The molecule has 5 nitrogen and oxygen atoms in total. The van der Waals surface area contributed by atoms with Crippen LogP contribution in [0.15, 0.2) is 35.1 Å². The molecule has 0 aliphatic rings. The highest BCUT2D eigenvalue weighted by Gasteiger charge is 2.11. The number of para-hydroxylation sites is 1. The number of aromatic nitrogens is 1. The van der Waals surface area contributed by atoms with Crippen molar-refractivity contribution in [3.63, 3.8) is 0 Å². The highest BCUT2D eigenvalue weighted by molar-refractivity contribution is 5.85. The molecule has 26 heavy (non-hydrogen) atoms. The standard InChI is InChI=1S/C21H29NO4/c1-4-12-22-18-11-7-6-10-17(18)19(15-20(22)23)25-13-8-9-14-26-21(24)16(3)5-2/h6-7,10-11,15-16H,4-5,8-9,12-14H2,1-3H3. The zero-order valence-electron chi connectivity index (χ0n) is 16.0. The summed E-state index contributed by atoms with van der Waals surface area (Å²) in [4.78, 5) is 24.0. The zero-order chi connectivity index (χ0) is 18.9. The quantitative estimate of drug-likeness (QED) is 0.472. The SMILES string of the molecule is CCCn1c(=O)cc(OCCCCOC(=O)C(C)CC)c2ccccc21. The average molecular weight is 359 g/mol. The molecule has 0 saturated carbocycles. The van der Waals surface area contributed by atoms with Gasteiger partial charge in [-0.3, -0.25) is 9.59 Å². The molecule has 0 aliphatic heterocycles. The lowest BCUT2D eigenvalue weighted by atomic mass is 10.1. The molecular formula is C21H29NO4. The minimum atomic E-state index is -0.140. The largest absolute Gasteiger partial charge is 0.493 e. The Bertz CT molecular complexity index is 781. The molecule has 5 heteroatoms. The monoisotopic (exact) mass is 359 g/mol. The predicted octanol–water partition coefficient (Wildman–Crippen LogP) is 4.16. The highest BCUT2D eigenvalue weighted by atomic mass is 16.5. The molecule has 1 heterocycles. The van der Waals surface area contributed by atoms with Gasteiger partial charge in [-0.15, -0.1) is 0 Å². The number of hydrogen-bond acceptors (Lipinski definition) is 4. The molecule has 1 unspecified atom stereocenters.